The molecular weight excluding hydrogens is 196 g/mol. The zero-order chi connectivity index (χ0) is 11.1. The van der Waals surface area contributed by atoms with Crippen LogP contribution in [0.25, 0.3) is 0 Å². The third kappa shape index (κ3) is 1.88. The van der Waals surface area contributed by atoms with Gasteiger partial charge in [-0.05, 0) is 13.8 Å². The molecule has 0 radical (unpaired) electrons. The molecule has 0 amide bonds. The highest BCUT2D eigenvalue weighted by Gasteiger charge is 2.54. The molecule has 4 atom stereocenters. The predicted molar refractivity (Wildman–Crippen MR) is 53.0 cm³/mol. The molecule has 2 heterocycles. The van der Waals surface area contributed by atoms with Crippen LogP contribution >= 0.6 is 0 Å². The number of aliphatic hydroxyl groups is 1. The van der Waals surface area contributed by atoms with E-state index in [1.165, 1.54) is 0 Å². The van der Waals surface area contributed by atoms with Crippen molar-refractivity contribution in [3.05, 3.63) is 0 Å². The van der Waals surface area contributed by atoms with Gasteiger partial charge in [0.15, 0.2) is 5.79 Å². The van der Waals surface area contributed by atoms with Crippen molar-refractivity contribution in [2.75, 3.05) is 6.61 Å². The van der Waals surface area contributed by atoms with Crippen LogP contribution in [0.4, 0.5) is 0 Å². The SMILES string of the molecule is C#CC[C@H]1O[C@H](CO)[C@H]2OC(C)(C)O[C@H]21. The Hall–Kier alpha value is -0.600. The molecule has 2 fully saturated rings. The van der Waals surface area contributed by atoms with Gasteiger partial charge in [0, 0.05) is 6.42 Å². The summed E-state index contributed by atoms with van der Waals surface area (Å²) in [5.74, 6) is 1.94. The lowest BCUT2D eigenvalue weighted by molar-refractivity contribution is -0.189. The molecule has 0 spiro atoms. The summed E-state index contributed by atoms with van der Waals surface area (Å²) in [7, 11) is 0. The standard InChI is InChI=1S/C11H16O4/c1-4-5-7-9-10(8(6-12)13-7)15-11(2,3)14-9/h1,7-10,12H,5-6H2,2-3H3/t7-,8-,9+,10-/m1/s1. The summed E-state index contributed by atoms with van der Waals surface area (Å²) in [6, 6.07) is 0. The minimum absolute atomic E-state index is 0.0678. The van der Waals surface area contributed by atoms with Crippen molar-refractivity contribution in [2.45, 2.75) is 50.5 Å². The smallest absolute Gasteiger partial charge is 0.164 e. The molecule has 84 valence electrons. The molecule has 0 unspecified atom stereocenters. The van der Waals surface area contributed by atoms with Gasteiger partial charge in [0.05, 0.1) is 12.7 Å². The Labute approximate surface area is 89.5 Å². The summed E-state index contributed by atoms with van der Waals surface area (Å²) >= 11 is 0. The van der Waals surface area contributed by atoms with Gasteiger partial charge in [-0.3, -0.25) is 0 Å². The fraction of sp³-hybridized carbons (Fsp3) is 0.818. The molecule has 0 aromatic carbocycles. The molecule has 2 aliphatic rings. The van der Waals surface area contributed by atoms with Gasteiger partial charge in [-0.25, -0.2) is 0 Å². The fourth-order valence-corrected chi connectivity index (χ4v) is 2.20. The molecule has 2 saturated heterocycles. The summed E-state index contributed by atoms with van der Waals surface area (Å²) in [6.07, 6.45) is 4.88. The van der Waals surface area contributed by atoms with Crippen molar-refractivity contribution < 1.29 is 19.3 Å². The maximum Gasteiger partial charge on any atom is 0.164 e. The number of rotatable bonds is 2. The lowest BCUT2D eigenvalue weighted by Crippen LogP contribution is -2.31. The Morgan fingerprint density at radius 2 is 1.87 bits per heavy atom. The lowest BCUT2D eigenvalue weighted by atomic mass is 10.1. The molecule has 1 N–H and O–H groups in total. The molecule has 4 nitrogen and oxygen atoms in total. The highest BCUT2D eigenvalue weighted by atomic mass is 16.8. The number of aliphatic hydroxyl groups excluding tert-OH is 1. The monoisotopic (exact) mass is 212 g/mol. The van der Waals surface area contributed by atoms with Gasteiger partial charge < -0.3 is 19.3 Å². The predicted octanol–water partition coefficient (Wildman–Crippen LogP) is 0.289. The van der Waals surface area contributed by atoms with Crippen LogP contribution in [-0.4, -0.2) is 41.9 Å². The van der Waals surface area contributed by atoms with Crippen LogP contribution in [-0.2, 0) is 14.2 Å². The molecule has 0 bridgehead atoms. The Balaban J connectivity index is 2.12. The highest BCUT2D eigenvalue weighted by Crippen LogP contribution is 2.39. The molecule has 15 heavy (non-hydrogen) atoms. The average Bonchev–Trinajstić information content (AvgIpc) is 2.61. The Bertz CT molecular complexity index is 281. The molecule has 4 heteroatoms. The minimum atomic E-state index is -0.612. The maximum absolute atomic E-state index is 9.16. The van der Waals surface area contributed by atoms with E-state index in [-0.39, 0.29) is 31.0 Å². The molecule has 0 aliphatic carbocycles. The molecule has 0 aromatic rings. The van der Waals surface area contributed by atoms with E-state index in [1.807, 2.05) is 13.8 Å². The Kier molecular flexibility index (Phi) is 2.73. The van der Waals surface area contributed by atoms with Crippen molar-refractivity contribution in [3.8, 4) is 12.3 Å². The largest absolute Gasteiger partial charge is 0.394 e. The fourth-order valence-electron chi connectivity index (χ4n) is 2.20. The van der Waals surface area contributed by atoms with Crippen molar-refractivity contribution in [1.82, 2.24) is 0 Å². The minimum Gasteiger partial charge on any atom is -0.394 e. The third-order valence-corrected chi connectivity index (χ3v) is 2.75. The van der Waals surface area contributed by atoms with E-state index in [1.54, 1.807) is 0 Å². The number of terminal acetylenes is 1. The summed E-state index contributed by atoms with van der Waals surface area (Å²) in [4.78, 5) is 0. The van der Waals surface area contributed by atoms with Gasteiger partial charge in [-0.2, -0.15) is 0 Å². The first kappa shape index (κ1) is 10.9. The average molecular weight is 212 g/mol. The number of ether oxygens (including phenoxy) is 3. The normalized spacial score (nSPS) is 42.5. The van der Waals surface area contributed by atoms with Crippen molar-refractivity contribution in [1.29, 1.82) is 0 Å². The number of hydrogen-bond acceptors (Lipinski definition) is 4. The van der Waals surface area contributed by atoms with Crippen LogP contribution in [0.3, 0.4) is 0 Å². The van der Waals surface area contributed by atoms with Crippen LogP contribution in [0.1, 0.15) is 20.3 Å². The summed E-state index contributed by atoms with van der Waals surface area (Å²) in [6.45, 7) is 3.64. The van der Waals surface area contributed by atoms with Crippen molar-refractivity contribution in [2.24, 2.45) is 0 Å². The van der Waals surface area contributed by atoms with E-state index in [0.29, 0.717) is 6.42 Å². The summed E-state index contributed by atoms with van der Waals surface area (Å²) in [5.41, 5.74) is 0. The molecule has 0 aromatic heterocycles. The lowest BCUT2D eigenvalue weighted by Gasteiger charge is -2.22. The van der Waals surface area contributed by atoms with Crippen LogP contribution < -0.4 is 0 Å². The van der Waals surface area contributed by atoms with E-state index in [9.17, 15) is 0 Å². The molecule has 2 aliphatic heterocycles. The molecule has 2 rings (SSSR count). The zero-order valence-corrected chi connectivity index (χ0v) is 8.97. The van der Waals surface area contributed by atoms with E-state index >= 15 is 0 Å². The summed E-state index contributed by atoms with van der Waals surface area (Å²) < 4.78 is 17.0. The van der Waals surface area contributed by atoms with Gasteiger partial charge in [0.1, 0.15) is 18.3 Å². The van der Waals surface area contributed by atoms with E-state index in [2.05, 4.69) is 5.92 Å². The first-order valence-electron chi connectivity index (χ1n) is 5.13. The van der Waals surface area contributed by atoms with E-state index in [4.69, 9.17) is 25.7 Å². The quantitative estimate of drug-likeness (QED) is 0.668. The van der Waals surface area contributed by atoms with Gasteiger partial charge >= 0.3 is 0 Å². The second-order valence-corrected chi connectivity index (χ2v) is 4.37. The second-order valence-electron chi connectivity index (χ2n) is 4.37. The first-order chi connectivity index (χ1) is 7.07. The van der Waals surface area contributed by atoms with Gasteiger partial charge in [-0.1, -0.05) is 0 Å². The topological polar surface area (TPSA) is 47.9 Å². The number of hydrogen-bond donors (Lipinski definition) is 1. The van der Waals surface area contributed by atoms with Crippen molar-refractivity contribution >= 4 is 0 Å². The Morgan fingerprint density at radius 1 is 1.27 bits per heavy atom. The van der Waals surface area contributed by atoms with Gasteiger partial charge in [0.2, 0.25) is 0 Å². The van der Waals surface area contributed by atoms with Crippen LogP contribution in [0, 0.1) is 12.3 Å². The van der Waals surface area contributed by atoms with Crippen LogP contribution in [0.2, 0.25) is 0 Å². The Morgan fingerprint density at radius 3 is 2.40 bits per heavy atom. The zero-order valence-electron chi connectivity index (χ0n) is 8.97. The maximum atomic E-state index is 9.16. The van der Waals surface area contributed by atoms with E-state index < -0.39 is 5.79 Å². The highest BCUT2D eigenvalue weighted by molar-refractivity contribution is 5.02. The molecule has 0 saturated carbocycles. The third-order valence-electron chi connectivity index (χ3n) is 2.75. The van der Waals surface area contributed by atoms with Gasteiger partial charge in [0.25, 0.3) is 0 Å². The molecular formula is C11H16O4. The second kappa shape index (κ2) is 3.76. The van der Waals surface area contributed by atoms with Crippen LogP contribution in [0.15, 0.2) is 0 Å². The van der Waals surface area contributed by atoms with Crippen molar-refractivity contribution in [3.63, 3.8) is 0 Å². The van der Waals surface area contributed by atoms with Crippen LogP contribution in [0.5, 0.6) is 0 Å². The summed E-state index contributed by atoms with van der Waals surface area (Å²) in [5, 5.41) is 9.16. The van der Waals surface area contributed by atoms with E-state index in [0.717, 1.165) is 0 Å². The number of fused-ring (bicyclic) bond motifs is 1. The van der Waals surface area contributed by atoms with Gasteiger partial charge in [-0.15, -0.1) is 12.3 Å². The first-order valence-corrected chi connectivity index (χ1v) is 5.13.